The van der Waals surface area contributed by atoms with E-state index in [9.17, 15) is 0 Å². The molecule has 0 aliphatic heterocycles. The Hall–Kier alpha value is -3.21. The first-order valence-corrected chi connectivity index (χ1v) is 8.17. The molecule has 5 nitrogen and oxygen atoms in total. The highest BCUT2D eigenvalue weighted by Crippen LogP contribution is 2.29. The molecule has 25 heavy (non-hydrogen) atoms. The number of rotatable bonds is 4. The van der Waals surface area contributed by atoms with Gasteiger partial charge in [0.1, 0.15) is 6.61 Å². The minimum Gasteiger partial charge on any atom is -0.471 e. The lowest BCUT2D eigenvalue weighted by atomic mass is 10.1. The summed E-state index contributed by atoms with van der Waals surface area (Å²) in [6.45, 7) is 4.35. The Labute approximate surface area is 145 Å². The Balaban J connectivity index is 1.78. The van der Waals surface area contributed by atoms with Gasteiger partial charge in [-0.15, -0.1) is 0 Å². The maximum atomic E-state index is 5.99. The van der Waals surface area contributed by atoms with Gasteiger partial charge in [-0.25, -0.2) is 4.98 Å². The minimum absolute atomic E-state index is 0.388. The molecule has 0 fully saturated rings. The molecule has 0 bridgehead atoms. The van der Waals surface area contributed by atoms with Crippen LogP contribution in [0.15, 0.2) is 60.8 Å². The van der Waals surface area contributed by atoms with Crippen molar-refractivity contribution in [3.05, 3.63) is 77.9 Å². The average molecular weight is 330 g/mol. The summed E-state index contributed by atoms with van der Waals surface area (Å²) in [7, 11) is 0. The first kappa shape index (κ1) is 15.3. The summed E-state index contributed by atoms with van der Waals surface area (Å²) in [5.41, 5.74) is 5.63. The molecule has 0 N–H and O–H groups in total. The summed E-state index contributed by atoms with van der Waals surface area (Å²) in [5.74, 6) is 0.665. The fourth-order valence-electron chi connectivity index (χ4n) is 2.89. The normalized spacial score (nSPS) is 11.0. The molecule has 0 amide bonds. The first-order valence-electron chi connectivity index (χ1n) is 8.17. The van der Waals surface area contributed by atoms with Crippen molar-refractivity contribution in [2.45, 2.75) is 20.5 Å². The topological polar surface area (TPSA) is 52.3 Å². The molecular formula is C20H18N4O. The van der Waals surface area contributed by atoms with Gasteiger partial charge in [-0.3, -0.25) is 4.98 Å². The molecule has 0 spiro atoms. The van der Waals surface area contributed by atoms with Crippen LogP contribution in [0.4, 0.5) is 0 Å². The van der Waals surface area contributed by atoms with Crippen molar-refractivity contribution in [1.29, 1.82) is 0 Å². The van der Waals surface area contributed by atoms with E-state index in [0.717, 1.165) is 33.9 Å². The van der Waals surface area contributed by atoms with Crippen LogP contribution >= 0.6 is 0 Å². The van der Waals surface area contributed by atoms with Crippen molar-refractivity contribution >= 4 is 5.65 Å². The third-order valence-corrected chi connectivity index (χ3v) is 4.02. The zero-order valence-corrected chi connectivity index (χ0v) is 14.2. The third kappa shape index (κ3) is 2.96. The highest BCUT2D eigenvalue weighted by molar-refractivity contribution is 5.80. The smallest absolute Gasteiger partial charge is 0.218 e. The van der Waals surface area contributed by atoms with Crippen LogP contribution in [-0.2, 0) is 6.61 Å². The van der Waals surface area contributed by atoms with Gasteiger partial charge in [-0.2, -0.15) is 9.61 Å². The molecule has 3 aromatic heterocycles. The van der Waals surface area contributed by atoms with Crippen LogP contribution in [0.2, 0.25) is 0 Å². The lowest BCUT2D eigenvalue weighted by molar-refractivity contribution is 0.280. The van der Waals surface area contributed by atoms with Crippen LogP contribution < -0.4 is 4.74 Å². The summed E-state index contributed by atoms with van der Waals surface area (Å²) in [6.07, 6.45) is 1.76. The first-order chi connectivity index (χ1) is 12.2. The Bertz CT molecular complexity index is 1010. The van der Waals surface area contributed by atoms with E-state index in [-0.39, 0.29) is 0 Å². The van der Waals surface area contributed by atoms with Gasteiger partial charge < -0.3 is 4.74 Å². The Kier molecular flexibility index (Phi) is 3.90. The van der Waals surface area contributed by atoms with E-state index in [4.69, 9.17) is 9.72 Å². The van der Waals surface area contributed by atoms with E-state index in [1.54, 1.807) is 10.7 Å². The molecule has 0 aliphatic carbocycles. The van der Waals surface area contributed by atoms with E-state index in [1.807, 2.05) is 56.3 Å². The Morgan fingerprint density at radius 3 is 2.56 bits per heavy atom. The van der Waals surface area contributed by atoms with Gasteiger partial charge in [0.25, 0.3) is 0 Å². The van der Waals surface area contributed by atoms with Gasteiger partial charge in [0.2, 0.25) is 5.88 Å². The van der Waals surface area contributed by atoms with Crippen molar-refractivity contribution in [3.8, 4) is 17.0 Å². The number of fused-ring (bicyclic) bond motifs is 1. The largest absolute Gasteiger partial charge is 0.471 e. The van der Waals surface area contributed by atoms with Gasteiger partial charge in [0.15, 0.2) is 5.65 Å². The number of nitrogens with zero attached hydrogens (tertiary/aromatic N) is 4. The molecule has 124 valence electrons. The maximum Gasteiger partial charge on any atom is 0.218 e. The molecular weight excluding hydrogens is 312 g/mol. The van der Waals surface area contributed by atoms with E-state index in [2.05, 4.69) is 22.2 Å². The number of benzene rings is 1. The predicted octanol–water partition coefficient (Wildman–Crippen LogP) is 3.99. The molecule has 0 aliphatic rings. The molecule has 1 aromatic carbocycles. The monoisotopic (exact) mass is 330 g/mol. The zero-order valence-electron chi connectivity index (χ0n) is 14.2. The molecule has 4 aromatic rings. The molecule has 0 saturated heterocycles. The van der Waals surface area contributed by atoms with Crippen LogP contribution in [0, 0.1) is 13.8 Å². The van der Waals surface area contributed by atoms with E-state index in [1.165, 1.54) is 0 Å². The number of ether oxygens (including phenoxy) is 1. The minimum atomic E-state index is 0.388. The number of aromatic nitrogens is 4. The maximum absolute atomic E-state index is 5.99. The zero-order chi connectivity index (χ0) is 17.2. The SMILES string of the molecule is Cc1cc(OCc2ccccn2)n2nc(C)c(-c3ccccc3)c2n1. The second-order valence-electron chi connectivity index (χ2n) is 5.91. The molecule has 0 radical (unpaired) electrons. The molecule has 3 heterocycles. The fraction of sp³-hybridized carbons (Fsp3) is 0.150. The lowest BCUT2D eigenvalue weighted by Crippen LogP contribution is -2.04. The Morgan fingerprint density at radius 2 is 1.80 bits per heavy atom. The van der Waals surface area contributed by atoms with Crippen molar-refractivity contribution in [3.63, 3.8) is 0 Å². The molecule has 4 rings (SSSR count). The van der Waals surface area contributed by atoms with E-state index < -0.39 is 0 Å². The lowest BCUT2D eigenvalue weighted by Gasteiger charge is -2.09. The summed E-state index contributed by atoms with van der Waals surface area (Å²) in [4.78, 5) is 8.99. The van der Waals surface area contributed by atoms with Crippen molar-refractivity contribution < 1.29 is 4.74 Å². The van der Waals surface area contributed by atoms with Crippen LogP contribution in [-0.4, -0.2) is 19.6 Å². The molecule has 0 atom stereocenters. The van der Waals surface area contributed by atoms with Crippen molar-refractivity contribution in [1.82, 2.24) is 19.6 Å². The van der Waals surface area contributed by atoms with Gasteiger partial charge >= 0.3 is 0 Å². The van der Waals surface area contributed by atoms with E-state index >= 15 is 0 Å². The molecule has 0 unspecified atom stereocenters. The number of pyridine rings is 1. The van der Waals surface area contributed by atoms with Crippen LogP contribution in [0.3, 0.4) is 0 Å². The number of aryl methyl sites for hydroxylation is 2. The Morgan fingerprint density at radius 1 is 1.00 bits per heavy atom. The van der Waals surface area contributed by atoms with Crippen molar-refractivity contribution in [2.75, 3.05) is 0 Å². The second kappa shape index (κ2) is 6.36. The molecule has 0 saturated carbocycles. The van der Waals surface area contributed by atoms with Crippen molar-refractivity contribution in [2.24, 2.45) is 0 Å². The van der Waals surface area contributed by atoms with Gasteiger partial charge in [-0.1, -0.05) is 36.4 Å². The number of hydrogen-bond acceptors (Lipinski definition) is 4. The van der Waals surface area contributed by atoms with Crippen LogP contribution in [0.5, 0.6) is 5.88 Å². The fourth-order valence-corrected chi connectivity index (χ4v) is 2.89. The van der Waals surface area contributed by atoms with Gasteiger partial charge in [0, 0.05) is 23.5 Å². The summed E-state index contributed by atoms with van der Waals surface area (Å²) in [6, 6.07) is 17.9. The summed E-state index contributed by atoms with van der Waals surface area (Å²) < 4.78 is 7.76. The van der Waals surface area contributed by atoms with Gasteiger partial charge in [0.05, 0.1) is 11.4 Å². The average Bonchev–Trinajstić information content (AvgIpc) is 2.97. The molecule has 5 heteroatoms. The predicted molar refractivity (Wildman–Crippen MR) is 96.5 cm³/mol. The number of hydrogen-bond donors (Lipinski definition) is 0. The summed E-state index contributed by atoms with van der Waals surface area (Å²) >= 11 is 0. The quantitative estimate of drug-likeness (QED) is 0.568. The van der Waals surface area contributed by atoms with E-state index in [0.29, 0.717) is 12.5 Å². The van der Waals surface area contributed by atoms with Crippen LogP contribution in [0.25, 0.3) is 16.8 Å². The second-order valence-corrected chi connectivity index (χ2v) is 5.91. The third-order valence-electron chi connectivity index (χ3n) is 4.02. The standard InChI is InChI=1S/C20H18N4O/c1-14-12-18(25-13-17-10-6-7-11-21-17)24-20(22-14)19(15(2)23-24)16-8-4-3-5-9-16/h3-12H,13H2,1-2H3. The van der Waals surface area contributed by atoms with Crippen LogP contribution in [0.1, 0.15) is 17.1 Å². The highest BCUT2D eigenvalue weighted by atomic mass is 16.5. The summed E-state index contributed by atoms with van der Waals surface area (Å²) in [5, 5.41) is 4.65. The highest BCUT2D eigenvalue weighted by Gasteiger charge is 2.16. The van der Waals surface area contributed by atoms with Gasteiger partial charge in [-0.05, 0) is 31.5 Å².